The number of hydrogen-bond acceptors (Lipinski definition) is 5. The highest BCUT2D eigenvalue weighted by Crippen LogP contribution is 2.27. The maximum absolute atomic E-state index is 12.4. The number of hydrogen-bond donors (Lipinski definition) is 1. The number of amides is 1. The summed E-state index contributed by atoms with van der Waals surface area (Å²) in [4.78, 5) is 12.4. The summed E-state index contributed by atoms with van der Waals surface area (Å²) in [6.07, 6.45) is 0.666. The second-order valence-electron chi connectivity index (χ2n) is 6.60. The molecule has 0 atom stereocenters. The van der Waals surface area contributed by atoms with E-state index in [9.17, 15) is 4.79 Å². The Morgan fingerprint density at radius 3 is 2.59 bits per heavy atom. The van der Waals surface area contributed by atoms with Gasteiger partial charge >= 0.3 is 0 Å². The Morgan fingerprint density at radius 2 is 1.93 bits per heavy atom. The average molecular weight is 462 g/mol. The summed E-state index contributed by atoms with van der Waals surface area (Å²) in [5, 5.41) is 7.34. The van der Waals surface area contributed by atoms with Crippen molar-refractivity contribution < 1.29 is 18.7 Å². The number of carbonyl (C=O) groups excluding carboxylic acids is 1. The van der Waals surface area contributed by atoms with Crippen LogP contribution in [0.4, 0.5) is 0 Å². The number of rotatable bonds is 8. The molecule has 8 heteroatoms. The number of nitrogens with one attached hydrogen (secondary N) is 1. The first kappa shape index (κ1) is 21.0. The van der Waals surface area contributed by atoms with Gasteiger partial charge in [-0.2, -0.15) is 5.10 Å². The number of aryl methyl sites for hydroxylation is 1. The Hall–Kier alpha value is -2.74. The Bertz CT molecular complexity index is 1010. The number of ether oxygens (including phenoxy) is 2. The topological polar surface area (TPSA) is 78.5 Å². The molecule has 0 aliphatic heterocycles. The van der Waals surface area contributed by atoms with E-state index in [4.69, 9.17) is 13.9 Å². The van der Waals surface area contributed by atoms with Gasteiger partial charge in [0.2, 0.25) is 0 Å². The maximum Gasteiger partial charge on any atom is 0.287 e. The largest absolute Gasteiger partial charge is 0.493 e. The monoisotopic (exact) mass is 461 g/mol. The molecule has 2 aromatic heterocycles. The average Bonchev–Trinajstić information content (AvgIpc) is 3.28. The molecule has 3 aromatic rings. The normalized spacial score (nSPS) is 10.8. The smallest absolute Gasteiger partial charge is 0.287 e. The molecule has 0 bridgehead atoms. The minimum Gasteiger partial charge on any atom is -0.493 e. The van der Waals surface area contributed by atoms with Crippen LogP contribution in [-0.4, -0.2) is 36.5 Å². The number of carbonyl (C=O) groups is 1. The zero-order chi connectivity index (χ0) is 21.0. The van der Waals surface area contributed by atoms with Crippen LogP contribution in [0, 0.1) is 13.8 Å². The van der Waals surface area contributed by atoms with Crippen LogP contribution in [0.3, 0.4) is 0 Å². The molecule has 154 valence electrons. The highest BCUT2D eigenvalue weighted by atomic mass is 79.9. The molecule has 1 N–H and O–H groups in total. The summed E-state index contributed by atoms with van der Waals surface area (Å²) in [6, 6.07) is 9.19. The van der Waals surface area contributed by atoms with Crippen LogP contribution in [0.25, 0.3) is 0 Å². The van der Waals surface area contributed by atoms with E-state index in [1.807, 2.05) is 36.7 Å². The predicted molar refractivity (Wildman–Crippen MR) is 113 cm³/mol. The van der Waals surface area contributed by atoms with Crippen LogP contribution in [0.2, 0.25) is 0 Å². The van der Waals surface area contributed by atoms with Crippen molar-refractivity contribution >= 4 is 21.8 Å². The summed E-state index contributed by atoms with van der Waals surface area (Å²) in [7, 11) is 3.20. The van der Waals surface area contributed by atoms with Crippen molar-refractivity contribution in [2.75, 3.05) is 20.8 Å². The molecular weight excluding hydrogens is 438 g/mol. The summed E-state index contributed by atoms with van der Waals surface area (Å²) in [6.45, 7) is 4.87. The Balaban J connectivity index is 1.56. The minimum atomic E-state index is -0.244. The number of methoxy groups -OCH3 is 2. The van der Waals surface area contributed by atoms with Crippen LogP contribution in [0.5, 0.6) is 11.5 Å². The van der Waals surface area contributed by atoms with Gasteiger partial charge in [0, 0.05) is 6.54 Å². The van der Waals surface area contributed by atoms with Gasteiger partial charge in [-0.25, -0.2) is 0 Å². The van der Waals surface area contributed by atoms with Gasteiger partial charge in [0.1, 0.15) is 5.76 Å². The van der Waals surface area contributed by atoms with Gasteiger partial charge in [0.05, 0.1) is 36.6 Å². The summed E-state index contributed by atoms with van der Waals surface area (Å²) in [5.41, 5.74) is 2.97. The second kappa shape index (κ2) is 9.17. The van der Waals surface area contributed by atoms with Gasteiger partial charge in [-0.05, 0) is 66.0 Å². The van der Waals surface area contributed by atoms with Crippen LogP contribution in [-0.2, 0) is 13.0 Å². The fraction of sp³-hybridized carbons (Fsp3) is 0.333. The van der Waals surface area contributed by atoms with Gasteiger partial charge < -0.3 is 19.2 Å². The molecule has 2 heterocycles. The molecular formula is C21H24BrN3O4. The van der Waals surface area contributed by atoms with Crippen molar-refractivity contribution in [3.63, 3.8) is 0 Å². The standard InChI is InChI=1S/C21H24BrN3O4/c1-13-20(22)14(2)25(24-13)12-16-6-8-18(29-16)21(26)23-10-9-15-5-7-17(27-3)19(11-15)28-4/h5-8,11H,9-10,12H2,1-4H3,(H,23,26). The van der Waals surface area contributed by atoms with E-state index in [0.717, 1.165) is 21.4 Å². The van der Waals surface area contributed by atoms with Gasteiger partial charge in [0.15, 0.2) is 17.3 Å². The molecule has 0 aliphatic carbocycles. The van der Waals surface area contributed by atoms with E-state index in [2.05, 4.69) is 26.3 Å². The van der Waals surface area contributed by atoms with Crippen molar-refractivity contribution in [1.82, 2.24) is 15.1 Å². The molecule has 0 saturated heterocycles. The second-order valence-corrected chi connectivity index (χ2v) is 7.40. The van der Waals surface area contributed by atoms with Crippen molar-refractivity contribution in [1.29, 1.82) is 0 Å². The molecule has 7 nitrogen and oxygen atoms in total. The van der Waals surface area contributed by atoms with E-state index in [-0.39, 0.29) is 11.7 Å². The zero-order valence-corrected chi connectivity index (χ0v) is 18.5. The van der Waals surface area contributed by atoms with Crippen LogP contribution in [0.1, 0.15) is 33.3 Å². The van der Waals surface area contributed by atoms with Gasteiger partial charge in [0.25, 0.3) is 5.91 Å². The van der Waals surface area contributed by atoms with Crippen molar-refractivity contribution in [3.8, 4) is 11.5 Å². The third-order valence-electron chi connectivity index (χ3n) is 4.63. The van der Waals surface area contributed by atoms with Crippen molar-refractivity contribution in [3.05, 3.63) is 63.3 Å². The van der Waals surface area contributed by atoms with E-state index in [1.165, 1.54) is 0 Å². The molecule has 29 heavy (non-hydrogen) atoms. The Labute approximate surface area is 178 Å². The highest BCUT2D eigenvalue weighted by Gasteiger charge is 2.14. The van der Waals surface area contributed by atoms with Gasteiger partial charge in [-0.15, -0.1) is 0 Å². The lowest BCUT2D eigenvalue weighted by atomic mass is 10.1. The predicted octanol–water partition coefficient (Wildman–Crippen LogP) is 3.89. The molecule has 1 aromatic carbocycles. The first-order chi connectivity index (χ1) is 13.9. The minimum absolute atomic E-state index is 0.244. The van der Waals surface area contributed by atoms with Crippen LogP contribution >= 0.6 is 15.9 Å². The Morgan fingerprint density at radius 1 is 1.17 bits per heavy atom. The lowest BCUT2D eigenvalue weighted by Gasteiger charge is -2.09. The lowest BCUT2D eigenvalue weighted by Crippen LogP contribution is -2.25. The molecule has 0 radical (unpaired) electrons. The SMILES string of the molecule is COc1ccc(CCNC(=O)c2ccc(Cn3nc(C)c(Br)c3C)o2)cc1OC. The van der Waals surface area contributed by atoms with Crippen LogP contribution < -0.4 is 14.8 Å². The summed E-state index contributed by atoms with van der Waals surface area (Å²) >= 11 is 3.51. The third kappa shape index (κ3) is 4.82. The first-order valence-electron chi connectivity index (χ1n) is 9.20. The molecule has 0 unspecified atom stereocenters. The number of nitrogens with zero attached hydrogens (tertiary/aromatic N) is 2. The van der Waals surface area contributed by atoms with E-state index in [0.29, 0.717) is 36.8 Å². The van der Waals surface area contributed by atoms with E-state index >= 15 is 0 Å². The molecule has 0 fully saturated rings. The fourth-order valence-corrected chi connectivity index (χ4v) is 3.29. The summed E-state index contributed by atoms with van der Waals surface area (Å²) < 4.78 is 19.1. The first-order valence-corrected chi connectivity index (χ1v) is 9.99. The Kier molecular flexibility index (Phi) is 6.64. The molecule has 0 aliphatic rings. The zero-order valence-electron chi connectivity index (χ0n) is 16.9. The maximum atomic E-state index is 12.4. The number of halogens is 1. The van der Waals surface area contributed by atoms with Crippen molar-refractivity contribution in [2.45, 2.75) is 26.8 Å². The van der Waals surface area contributed by atoms with Gasteiger partial charge in [-0.1, -0.05) is 6.07 Å². The molecule has 1 amide bonds. The fourth-order valence-electron chi connectivity index (χ4n) is 3.01. The van der Waals surface area contributed by atoms with Crippen molar-refractivity contribution in [2.24, 2.45) is 0 Å². The highest BCUT2D eigenvalue weighted by molar-refractivity contribution is 9.10. The van der Waals surface area contributed by atoms with E-state index in [1.54, 1.807) is 26.4 Å². The number of aromatic nitrogens is 2. The summed E-state index contributed by atoms with van der Waals surface area (Å²) in [5.74, 6) is 2.06. The molecule has 3 rings (SSSR count). The lowest BCUT2D eigenvalue weighted by molar-refractivity contribution is 0.0924. The van der Waals surface area contributed by atoms with Gasteiger partial charge in [-0.3, -0.25) is 9.48 Å². The van der Waals surface area contributed by atoms with Crippen LogP contribution in [0.15, 0.2) is 39.2 Å². The number of furan rings is 1. The molecule has 0 saturated carbocycles. The molecule has 0 spiro atoms. The third-order valence-corrected chi connectivity index (χ3v) is 5.78. The number of benzene rings is 1. The van der Waals surface area contributed by atoms with E-state index < -0.39 is 0 Å². The quantitative estimate of drug-likeness (QED) is 0.550.